The number of aromatic nitrogens is 1. The van der Waals surface area contributed by atoms with E-state index in [4.69, 9.17) is 17.3 Å². The van der Waals surface area contributed by atoms with Crippen LogP contribution < -0.4 is 5.73 Å². The largest absolute Gasteiger partial charge is 0.369 e. The van der Waals surface area contributed by atoms with E-state index in [1.165, 1.54) is 6.20 Å². The monoisotopic (exact) mass is 198 g/mol. The average molecular weight is 199 g/mol. The first-order valence-electron chi connectivity index (χ1n) is 3.72. The summed E-state index contributed by atoms with van der Waals surface area (Å²) in [6.45, 7) is 0. The van der Waals surface area contributed by atoms with Gasteiger partial charge in [-0.3, -0.25) is 0 Å². The number of rotatable bonds is 1. The molecule has 4 nitrogen and oxygen atoms in total. The number of hydrogen-bond acceptors (Lipinski definition) is 2. The Labute approximate surface area is 82.0 Å². The van der Waals surface area contributed by atoms with E-state index in [2.05, 4.69) is 9.98 Å². The Morgan fingerprint density at radius 1 is 1.54 bits per heavy atom. The summed E-state index contributed by atoms with van der Waals surface area (Å²) in [5.41, 5.74) is 5.59. The Morgan fingerprint density at radius 2 is 2.23 bits per heavy atom. The van der Waals surface area contributed by atoms with Crippen LogP contribution in [0.5, 0.6) is 0 Å². The first kappa shape index (κ1) is 9.80. The van der Waals surface area contributed by atoms with Crippen LogP contribution in [0.4, 0.5) is 5.82 Å². The molecule has 0 aliphatic rings. The third-order valence-electron chi connectivity index (χ3n) is 1.40. The van der Waals surface area contributed by atoms with Crippen LogP contribution >= 0.6 is 11.6 Å². The number of pyridine rings is 1. The molecule has 0 fully saturated rings. The highest BCUT2D eigenvalue weighted by atomic mass is 35.5. The minimum atomic E-state index is 0.412. The minimum absolute atomic E-state index is 0.412. The van der Waals surface area contributed by atoms with Crippen molar-refractivity contribution in [3.8, 4) is 0 Å². The van der Waals surface area contributed by atoms with Crippen molar-refractivity contribution < 1.29 is 0 Å². The van der Waals surface area contributed by atoms with Gasteiger partial charge in [0.25, 0.3) is 0 Å². The molecule has 0 aromatic carbocycles. The highest BCUT2D eigenvalue weighted by Crippen LogP contribution is 2.11. The summed E-state index contributed by atoms with van der Waals surface area (Å²) < 4.78 is 0. The van der Waals surface area contributed by atoms with E-state index in [-0.39, 0.29) is 0 Å². The van der Waals surface area contributed by atoms with E-state index in [1.807, 2.05) is 14.1 Å². The van der Waals surface area contributed by atoms with Gasteiger partial charge < -0.3 is 10.6 Å². The van der Waals surface area contributed by atoms with Crippen molar-refractivity contribution >= 4 is 23.4 Å². The van der Waals surface area contributed by atoms with Crippen LogP contribution in [-0.4, -0.2) is 29.9 Å². The molecule has 0 aliphatic carbocycles. The minimum Gasteiger partial charge on any atom is -0.369 e. The second-order valence-corrected chi connectivity index (χ2v) is 3.14. The second-order valence-electron chi connectivity index (χ2n) is 2.70. The van der Waals surface area contributed by atoms with Crippen LogP contribution in [0.3, 0.4) is 0 Å². The van der Waals surface area contributed by atoms with Gasteiger partial charge >= 0.3 is 0 Å². The first-order valence-corrected chi connectivity index (χ1v) is 4.10. The lowest BCUT2D eigenvalue weighted by atomic mass is 10.5. The topological polar surface area (TPSA) is 54.5 Å². The molecule has 0 bridgehead atoms. The standard InChI is InChI=1S/C8H11ClN4/c1-13(2)8(10)12-7-4-3-6(9)5-11-7/h3-5H,1-2H3,(H2,10,11,12). The van der Waals surface area contributed by atoms with Gasteiger partial charge in [0, 0.05) is 20.3 Å². The third-order valence-corrected chi connectivity index (χ3v) is 1.62. The summed E-state index contributed by atoms with van der Waals surface area (Å²) in [5, 5.41) is 0.586. The van der Waals surface area contributed by atoms with Gasteiger partial charge in [-0.25, -0.2) is 4.98 Å². The van der Waals surface area contributed by atoms with Crippen LogP contribution in [0, 0.1) is 0 Å². The first-order chi connectivity index (χ1) is 6.09. The summed E-state index contributed by atoms with van der Waals surface area (Å²) in [5.74, 6) is 0.963. The molecule has 0 radical (unpaired) electrons. The fourth-order valence-electron chi connectivity index (χ4n) is 0.652. The van der Waals surface area contributed by atoms with E-state index < -0.39 is 0 Å². The van der Waals surface area contributed by atoms with Crippen LogP contribution in [0.1, 0.15) is 0 Å². The van der Waals surface area contributed by atoms with Crippen LogP contribution in [0.15, 0.2) is 23.3 Å². The zero-order valence-electron chi connectivity index (χ0n) is 7.53. The third kappa shape index (κ3) is 2.91. The summed E-state index contributed by atoms with van der Waals surface area (Å²) in [6, 6.07) is 3.43. The molecule has 5 heteroatoms. The van der Waals surface area contributed by atoms with Crippen molar-refractivity contribution in [2.75, 3.05) is 14.1 Å². The maximum atomic E-state index is 5.66. The SMILES string of the molecule is CN(C)C(N)=Nc1ccc(Cl)cn1. The van der Waals surface area contributed by atoms with Gasteiger partial charge in [0.1, 0.15) is 0 Å². The molecule has 70 valence electrons. The van der Waals surface area contributed by atoms with Gasteiger partial charge in [-0.2, -0.15) is 4.99 Å². The molecule has 1 aromatic rings. The molecule has 2 N–H and O–H groups in total. The van der Waals surface area contributed by atoms with Crippen molar-refractivity contribution in [1.82, 2.24) is 9.88 Å². The predicted octanol–water partition coefficient (Wildman–Crippen LogP) is 1.24. The molecule has 13 heavy (non-hydrogen) atoms. The number of guanidine groups is 1. The number of halogens is 1. The molecule has 0 aliphatic heterocycles. The highest BCUT2D eigenvalue weighted by molar-refractivity contribution is 6.30. The Balaban J connectivity index is 2.85. The van der Waals surface area contributed by atoms with E-state index >= 15 is 0 Å². The van der Waals surface area contributed by atoms with E-state index in [1.54, 1.807) is 17.0 Å². The number of aliphatic imine (C=N–C) groups is 1. The lowest BCUT2D eigenvalue weighted by molar-refractivity contribution is 0.614. The Kier molecular flexibility index (Phi) is 3.08. The Morgan fingerprint density at radius 3 is 2.69 bits per heavy atom. The fourth-order valence-corrected chi connectivity index (χ4v) is 0.763. The smallest absolute Gasteiger partial charge is 0.197 e. The number of nitrogens with two attached hydrogens (primary N) is 1. The molecular weight excluding hydrogens is 188 g/mol. The van der Waals surface area contributed by atoms with Gasteiger partial charge in [-0.05, 0) is 12.1 Å². The Bertz CT molecular complexity index is 304. The summed E-state index contributed by atoms with van der Waals surface area (Å²) >= 11 is 5.66. The van der Waals surface area contributed by atoms with Crippen LogP contribution in [0.25, 0.3) is 0 Å². The maximum absolute atomic E-state index is 5.66. The molecule has 0 saturated carbocycles. The predicted molar refractivity (Wildman–Crippen MR) is 54.2 cm³/mol. The molecule has 0 unspecified atom stereocenters. The quantitative estimate of drug-likeness (QED) is 0.546. The molecular formula is C8H11ClN4. The van der Waals surface area contributed by atoms with Crippen molar-refractivity contribution in [2.45, 2.75) is 0 Å². The molecule has 0 atom stereocenters. The van der Waals surface area contributed by atoms with Gasteiger partial charge in [0.05, 0.1) is 5.02 Å². The van der Waals surface area contributed by atoms with E-state index in [0.29, 0.717) is 16.8 Å². The summed E-state index contributed by atoms with van der Waals surface area (Å²) in [4.78, 5) is 9.73. The zero-order chi connectivity index (χ0) is 9.84. The van der Waals surface area contributed by atoms with Crippen LogP contribution in [-0.2, 0) is 0 Å². The van der Waals surface area contributed by atoms with Crippen molar-refractivity contribution in [2.24, 2.45) is 10.7 Å². The highest BCUT2D eigenvalue weighted by Gasteiger charge is 1.96. The lowest BCUT2D eigenvalue weighted by Gasteiger charge is -2.09. The fraction of sp³-hybridized carbons (Fsp3) is 0.250. The number of hydrogen-bond donors (Lipinski definition) is 1. The summed E-state index contributed by atoms with van der Waals surface area (Å²) in [7, 11) is 3.63. The van der Waals surface area contributed by atoms with Gasteiger partial charge in [0.2, 0.25) is 0 Å². The van der Waals surface area contributed by atoms with E-state index in [0.717, 1.165) is 0 Å². The van der Waals surface area contributed by atoms with Crippen molar-refractivity contribution in [3.63, 3.8) is 0 Å². The van der Waals surface area contributed by atoms with Crippen molar-refractivity contribution in [3.05, 3.63) is 23.4 Å². The Hall–Kier alpha value is -1.29. The van der Waals surface area contributed by atoms with Crippen LogP contribution in [0.2, 0.25) is 5.02 Å². The van der Waals surface area contributed by atoms with Gasteiger partial charge in [0.15, 0.2) is 11.8 Å². The molecule has 1 aromatic heterocycles. The second kappa shape index (κ2) is 4.09. The van der Waals surface area contributed by atoms with E-state index in [9.17, 15) is 0 Å². The zero-order valence-corrected chi connectivity index (χ0v) is 8.28. The number of nitrogens with zero attached hydrogens (tertiary/aromatic N) is 3. The molecule has 1 rings (SSSR count). The van der Waals surface area contributed by atoms with Crippen molar-refractivity contribution in [1.29, 1.82) is 0 Å². The lowest BCUT2D eigenvalue weighted by Crippen LogP contribution is -2.29. The molecule has 0 saturated heterocycles. The molecule has 1 heterocycles. The van der Waals surface area contributed by atoms with Gasteiger partial charge in [-0.1, -0.05) is 11.6 Å². The molecule has 0 spiro atoms. The molecule has 0 amide bonds. The normalized spacial score (nSPS) is 11.5. The summed E-state index contributed by atoms with van der Waals surface area (Å²) in [6.07, 6.45) is 1.53. The maximum Gasteiger partial charge on any atom is 0.197 e. The average Bonchev–Trinajstić information content (AvgIpc) is 2.08. The van der Waals surface area contributed by atoms with Gasteiger partial charge in [-0.15, -0.1) is 0 Å².